The number of methoxy groups -OCH3 is 2. The minimum atomic E-state index is -2.42. The molecule has 2 aromatic carbocycles. The van der Waals surface area contributed by atoms with Gasteiger partial charge in [-0.25, -0.2) is 5.01 Å². The van der Waals surface area contributed by atoms with Gasteiger partial charge in [0.1, 0.15) is 11.5 Å². The van der Waals surface area contributed by atoms with Gasteiger partial charge in [0.25, 0.3) is 0 Å². The first-order valence-electron chi connectivity index (χ1n) is 15.2. The van der Waals surface area contributed by atoms with E-state index >= 15 is 0 Å². The number of aryl methyl sites for hydroxylation is 1. The van der Waals surface area contributed by atoms with Crippen LogP contribution in [-0.4, -0.2) is 107 Å². The van der Waals surface area contributed by atoms with Gasteiger partial charge in [-0.2, -0.15) is 10.6 Å². The van der Waals surface area contributed by atoms with Crippen molar-refractivity contribution in [3.05, 3.63) is 83.1 Å². The summed E-state index contributed by atoms with van der Waals surface area (Å²) in [6.07, 6.45) is 6.43. The maximum Gasteiger partial charge on any atom is 0.247 e. The molecule has 2 aromatic rings. The second kappa shape index (κ2) is 15.0. The van der Waals surface area contributed by atoms with Crippen molar-refractivity contribution >= 4 is 45.1 Å². The van der Waals surface area contributed by atoms with E-state index in [1.807, 2.05) is 30.3 Å². The summed E-state index contributed by atoms with van der Waals surface area (Å²) in [5, 5.41) is 5.21. The molecule has 13 heteroatoms. The Morgan fingerprint density at radius 2 is 1.89 bits per heavy atom. The smallest absolute Gasteiger partial charge is 0.247 e. The summed E-state index contributed by atoms with van der Waals surface area (Å²) >= 11 is 6.76. The zero-order valence-corrected chi connectivity index (χ0v) is 27.8. The number of hydrogen-bond acceptors (Lipinski definition) is 10. The molecule has 46 heavy (non-hydrogen) atoms. The van der Waals surface area contributed by atoms with Crippen molar-refractivity contribution < 1.29 is 28.2 Å². The summed E-state index contributed by atoms with van der Waals surface area (Å²) in [7, 11) is 0.672. The lowest BCUT2D eigenvalue weighted by molar-refractivity contribution is -0.120. The highest BCUT2D eigenvalue weighted by atomic mass is 35.5. The molecule has 1 atom stereocenters. The minimum absolute atomic E-state index is 0.0432. The number of hydrogen-bond donors (Lipinski definition) is 4. The van der Waals surface area contributed by atoms with Crippen LogP contribution in [0.4, 0.5) is 5.69 Å². The molecule has 1 fully saturated rings. The normalized spacial score (nSPS) is 20.7. The third-order valence-electron chi connectivity index (χ3n) is 8.52. The largest absolute Gasteiger partial charge is 0.497 e. The van der Waals surface area contributed by atoms with Gasteiger partial charge in [0.05, 0.1) is 43.5 Å². The van der Waals surface area contributed by atoms with Gasteiger partial charge >= 0.3 is 0 Å². The number of nitrogens with zero attached hydrogens (tertiary/aromatic N) is 3. The number of amides is 1. The fraction of sp³-hybridized carbons (Fsp3) is 0.394. The molecule has 0 spiro atoms. The van der Waals surface area contributed by atoms with E-state index in [1.165, 1.54) is 13.2 Å². The second-order valence-electron chi connectivity index (χ2n) is 11.5. The number of carbonyl (C=O) groups excluding carboxylic acids is 2. The lowest BCUT2D eigenvalue weighted by Gasteiger charge is -2.44. The fourth-order valence-corrected chi connectivity index (χ4v) is 7.45. The van der Waals surface area contributed by atoms with Crippen LogP contribution >= 0.6 is 22.2 Å². The van der Waals surface area contributed by atoms with E-state index in [0.29, 0.717) is 90.5 Å². The molecule has 0 radical (unpaired) electrons. The van der Waals surface area contributed by atoms with E-state index in [0.717, 1.165) is 17.8 Å². The number of ketones is 1. The van der Waals surface area contributed by atoms with Gasteiger partial charge in [0, 0.05) is 61.3 Å². The van der Waals surface area contributed by atoms with Gasteiger partial charge in [-0.15, -0.1) is 0 Å². The monoisotopic (exact) mass is 671 g/mol. The third-order valence-corrected chi connectivity index (χ3v) is 10.6. The quantitative estimate of drug-likeness (QED) is 0.240. The zero-order chi connectivity index (χ0) is 32.8. The lowest BCUT2D eigenvalue weighted by atomic mass is 9.87. The standard InChI is InChI=1S/C33H42ClN5O6S/c1-4-31(40)36-24-8-5-23(6-9-24)7-10-29-33(41)28(27-20-26(44-2)21-30(45-3)32(27)34)19-25-11-13-38(22-39(25)29)35-12-14-37-15-17-46(42,43)18-16-37/h4-6,8-9,11,19-21,29,35,42-43H,1,7,10,12-18,22H2,2-3H3,(H,36,40). The number of hydrazine groups is 1. The van der Waals surface area contributed by atoms with E-state index in [2.05, 4.69) is 38.2 Å². The van der Waals surface area contributed by atoms with Crippen LogP contribution in [0.3, 0.4) is 0 Å². The number of allylic oxidation sites excluding steroid dienone is 1. The Hall–Kier alpha value is -3.36. The Bertz CT molecular complexity index is 1500. The number of carbonyl (C=O) groups is 2. The molecule has 0 aromatic heterocycles. The number of fused-ring (bicyclic) bond motifs is 1. The number of nitrogens with one attached hydrogen (secondary N) is 2. The summed E-state index contributed by atoms with van der Waals surface area (Å²) in [5.41, 5.74) is 7.23. The van der Waals surface area contributed by atoms with Gasteiger partial charge in [0.15, 0.2) is 5.78 Å². The topological polar surface area (TPSA) is 127 Å². The number of Topliss-reactive ketones (excluding diaryl/α,β-unsaturated/α-hetero) is 1. The molecule has 11 nitrogen and oxygen atoms in total. The van der Waals surface area contributed by atoms with Crippen LogP contribution in [0.25, 0.3) is 5.57 Å². The molecule has 0 aliphatic carbocycles. The Morgan fingerprint density at radius 3 is 2.57 bits per heavy atom. The van der Waals surface area contributed by atoms with Gasteiger partial charge in [0.2, 0.25) is 5.91 Å². The number of anilines is 1. The van der Waals surface area contributed by atoms with Crippen LogP contribution in [-0.2, 0) is 16.0 Å². The van der Waals surface area contributed by atoms with E-state index < -0.39 is 16.6 Å². The first kappa shape index (κ1) is 34.0. The molecule has 1 amide bonds. The summed E-state index contributed by atoms with van der Waals surface area (Å²) in [6, 6.07) is 10.6. The van der Waals surface area contributed by atoms with E-state index in [-0.39, 0.29) is 11.7 Å². The highest BCUT2D eigenvalue weighted by molar-refractivity contribution is 8.24. The summed E-state index contributed by atoms with van der Waals surface area (Å²) < 4.78 is 30.8. The molecule has 0 bridgehead atoms. The first-order valence-corrected chi connectivity index (χ1v) is 17.5. The van der Waals surface area contributed by atoms with Crippen LogP contribution in [0.15, 0.2) is 66.9 Å². The average molecular weight is 672 g/mol. The molecule has 1 saturated heterocycles. The lowest BCUT2D eigenvalue weighted by Crippen LogP contribution is -2.56. The van der Waals surface area contributed by atoms with Crippen LogP contribution < -0.4 is 20.2 Å². The van der Waals surface area contributed by atoms with Crippen LogP contribution in [0.5, 0.6) is 11.5 Å². The number of benzene rings is 2. The van der Waals surface area contributed by atoms with Crippen molar-refractivity contribution in [3.63, 3.8) is 0 Å². The summed E-state index contributed by atoms with van der Waals surface area (Å²) in [5.74, 6) is 1.50. The van der Waals surface area contributed by atoms with Crippen molar-refractivity contribution in [2.45, 2.75) is 18.9 Å². The van der Waals surface area contributed by atoms with Crippen molar-refractivity contribution in [1.29, 1.82) is 0 Å². The third kappa shape index (κ3) is 8.13. The molecule has 248 valence electrons. The van der Waals surface area contributed by atoms with E-state index in [4.69, 9.17) is 21.1 Å². The van der Waals surface area contributed by atoms with Crippen LogP contribution in [0, 0.1) is 0 Å². The molecule has 3 heterocycles. The SMILES string of the molecule is C=CC(=O)Nc1ccc(CCC2C(=O)C(c3cc(OC)cc(OC)c3Cl)=CC3=CCN(NCCN4CCS(O)(O)CC4)CN32)cc1. The Morgan fingerprint density at radius 1 is 1.15 bits per heavy atom. The van der Waals surface area contributed by atoms with Crippen molar-refractivity contribution in [1.82, 2.24) is 20.2 Å². The van der Waals surface area contributed by atoms with Crippen LogP contribution in [0.1, 0.15) is 17.5 Å². The maximum atomic E-state index is 14.3. The minimum Gasteiger partial charge on any atom is -0.497 e. The molecule has 5 rings (SSSR count). The van der Waals surface area contributed by atoms with Crippen LogP contribution in [0.2, 0.25) is 5.02 Å². The van der Waals surface area contributed by atoms with Crippen molar-refractivity contribution in [2.24, 2.45) is 0 Å². The number of rotatable bonds is 12. The summed E-state index contributed by atoms with van der Waals surface area (Å²) in [6.45, 7) is 7.47. The number of halogens is 1. The van der Waals surface area contributed by atoms with Gasteiger partial charge in [-0.3, -0.25) is 29.0 Å². The van der Waals surface area contributed by atoms with Gasteiger partial charge < -0.3 is 19.7 Å². The molecule has 3 aliphatic heterocycles. The van der Waals surface area contributed by atoms with E-state index in [1.54, 1.807) is 19.2 Å². The number of ether oxygens (including phenoxy) is 2. The molecular formula is C33H42ClN5O6S. The average Bonchev–Trinajstić information content (AvgIpc) is 3.05. The van der Waals surface area contributed by atoms with Crippen molar-refractivity contribution in [2.75, 3.05) is 70.4 Å². The predicted molar refractivity (Wildman–Crippen MR) is 183 cm³/mol. The second-order valence-corrected chi connectivity index (χ2v) is 14.3. The molecular weight excluding hydrogens is 630 g/mol. The molecule has 4 N–H and O–H groups in total. The first-order chi connectivity index (χ1) is 22.1. The molecule has 3 aliphatic rings. The fourth-order valence-electron chi connectivity index (χ4n) is 5.86. The van der Waals surface area contributed by atoms with Gasteiger partial charge in [-0.05, 0) is 54.8 Å². The van der Waals surface area contributed by atoms with Gasteiger partial charge in [-0.1, -0.05) is 30.3 Å². The van der Waals surface area contributed by atoms with Crippen molar-refractivity contribution in [3.8, 4) is 11.5 Å². The maximum absolute atomic E-state index is 14.3. The Balaban J connectivity index is 1.35. The Labute approximate surface area is 276 Å². The zero-order valence-electron chi connectivity index (χ0n) is 26.2. The predicted octanol–water partition coefficient (Wildman–Crippen LogP) is 4.48. The molecule has 1 unspecified atom stereocenters. The van der Waals surface area contributed by atoms with E-state index in [9.17, 15) is 18.7 Å². The Kier molecular flexibility index (Phi) is 11.1. The summed E-state index contributed by atoms with van der Waals surface area (Å²) in [4.78, 5) is 30.4. The molecule has 0 saturated carbocycles. The highest BCUT2D eigenvalue weighted by Crippen LogP contribution is 2.41. The highest BCUT2D eigenvalue weighted by Gasteiger charge is 2.37.